The fraction of sp³-hybridized carbons (Fsp3) is 0.0588. The Morgan fingerprint density at radius 3 is 2.83 bits per heavy atom. The highest BCUT2D eigenvalue weighted by atomic mass is 32.1. The number of carbonyl (C=O) groups is 2. The van der Waals surface area contributed by atoms with Crippen molar-refractivity contribution >= 4 is 50.3 Å². The van der Waals surface area contributed by atoms with Crippen LogP contribution in [0.1, 0.15) is 12.5 Å². The predicted molar refractivity (Wildman–Crippen MR) is 95.8 cm³/mol. The second kappa shape index (κ2) is 7.01. The van der Waals surface area contributed by atoms with Crippen LogP contribution in [0.2, 0.25) is 0 Å². The maximum atomic E-state index is 12.0. The highest BCUT2D eigenvalue weighted by Gasteiger charge is 2.06. The minimum atomic E-state index is -0.232. The molecule has 0 fully saturated rings. The minimum Gasteiger partial charge on any atom is -0.322 e. The van der Waals surface area contributed by atoms with Gasteiger partial charge in [-0.05, 0) is 35.9 Å². The summed E-state index contributed by atoms with van der Waals surface area (Å²) in [6, 6.07) is 9.08. The molecule has 0 saturated carbocycles. The van der Waals surface area contributed by atoms with Crippen LogP contribution in [0.3, 0.4) is 0 Å². The average Bonchev–Trinajstić information content (AvgIpc) is 2.94. The van der Waals surface area contributed by atoms with E-state index in [4.69, 9.17) is 0 Å². The van der Waals surface area contributed by atoms with Crippen molar-refractivity contribution in [1.29, 1.82) is 0 Å². The lowest BCUT2D eigenvalue weighted by molar-refractivity contribution is -0.114. The first-order chi connectivity index (χ1) is 11.6. The molecule has 2 amide bonds. The Labute approximate surface area is 142 Å². The summed E-state index contributed by atoms with van der Waals surface area (Å²) < 4.78 is 0.882. The van der Waals surface area contributed by atoms with Gasteiger partial charge in [0.05, 0.1) is 10.2 Å². The van der Waals surface area contributed by atoms with Gasteiger partial charge in [-0.2, -0.15) is 0 Å². The minimum absolute atomic E-state index is 0.164. The second-order valence-corrected chi connectivity index (χ2v) is 6.02. The van der Waals surface area contributed by atoms with Crippen LogP contribution in [-0.2, 0) is 9.59 Å². The number of amides is 2. The fourth-order valence-electron chi connectivity index (χ4n) is 2.04. The zero-order chi connectivity index (χ0) is 16.9. The van der Waals surface area contributed by atoms with Gasteiger partial charge in [0.15, 0.2) is 5.13 Å². The smallest absolute Gasteiger partial charge is 0.248 e. The molecule has 0 aliphatic carbocycles. The van der Waals surface area contributed by atoms with Gasteiger partial charge in [0.2, 0.25) is 11.8 Å². The van der Waals surface area contributed by atoms with E-state index in [0.717, 1.165) is 15.8 Å². The molecule has 3 aromatic rings. The number of hydrogen-bond acceptors (Lipinski definition) is 5. The lowest BCUT2D eigenvalue weighted by Crippen LogP contribution is -2.07. The average molecular weight is 338 g/mol. The van der Waals surface area contributed by atoms with Gasteiger partial charge in [0, 0.05) is 31.1 Å². The van der Waals surface area contributed by atoms with Crippen LogP contribution in [-0.4, -0.2) is 21.8 Å². The Bertz CT molecular complexity index is 919. The van der Waals surface area contributed by atoms with E-state index in [9.17, 15) is 9.59 Å². The topological polar surface area (TPSA) is 84.0 Å². The largest absolute Gasteiger partial charge is 0.322 e. The van der Waals surface area contributed by atoms with E-state index in [1.165, 1.54) is 24.3 Å². The van der Waals surface area contributed by atoms with Gasteiger partial charge in [-0.15, -0.1) is 0 Å². The van der Waals surface area contributed by atoms with E-state index in [-0.39, 0.29) is 11.8 Å². The van der Waals surface area contributed by atoms with Crippen LogP contribution in [0.25, 0.3) is 16.3 Å². The van der Waals surface area contributed by atoms with Crippen molar-refractivity contribution in [3.05, 3.63) is 54.4 Å². The molecule has 0 radical (unpaired) electrons. The normalized spacial score (nSPS) is 10.9. The number of rotatable bonds is 4. The summed E-state index contributed by atoms with van der Waals surface area (Å²) >= 11 is 1.36. The van der Waals surface area contributed by atoms with Crippen molar-refractivity contribution in [2.75, 3.05) is 10.6 Å². The predicted octanol–water partition coefficient (Wildman–Crippen LogP) is 3.30. The van der Waals surface area contributed by atoms with Gasteiger partial charge < -0.3 is 10.6 Å². The zero-order valence-electron chi connectivity index (χ0n) is 12.8. The van der Waals surface area contributed by atoms with E-state index in [1.807, 2.05) is 18.2 Å². The molecule has 0 aliphatic rings. The summed E-state index contributed by atoms with van der Waals surface area (Å²) in [7, 11) is 0. The monoisotopic (exact) mass is 338 g/mol. The highest BCUT2D eigenvalue weighted by Crippen LogP contribution is 2.28. The number of fused-ring (bicyclic) bond motifs is 1. The molecule has 7 heteroatoms. The van der Waals surface area contributed by atoms with E-state index in [0.29, 0.717) is 10.8 Å². The lowest BCUT2D eigenvalue weighted by Gasteiger charge is -2.01. The first kappa shape index (κ1) is 15.8. The maximum absolute atomic E-state index is 12.0. The van der Waals surface area contributed by atoms with Crippen molar-refractivity contribution in [2.45, 2.75) is 6.92 Å². The fourth-order valence-corrected chi connectivity index (χ4v) is 2.99. The van der Waals surface area contributed by atoms with Crippen LogP contribution in [0, 0.1) is 0 Å². The van der Waals surface area contributed by atoms with Crippen molar-refractivity contribution in [3.8, 4) is 0 Å². The number of nitrogens with one attached hydrogen (secondary N) is 2. The Morgan fingerprint density at radius 1 is 1.21 bits per heavy atom. The number of anilines is 2. The van der Waals surface area contributed by atoms with Crippen molar-refractivity contribution in [3.63, 3.8) is 0 Å². The van der Waals surface area contributed by atoms with Crippen LogP contribution in [0.5, 0.6) is 0 Å². The van der Waals surface area contributed by atoms with Crippen molar-refractivity contribution in [2.24, 2.45) is 0 Å². The summed E-state index contributed by atoms with van der Waals surface area (Å²) in [5.74, 6) is -0.395. The summed E-state index contributed by atoms with van der Waals surface area (Å²) in [5.41, 5.74) is 2.29. The van der Waals surface area contributed by atoms with Crippen LogP contribution in [0.15, 0.2) is 48.8 Å². The zero-order valence-corrected chi connectivity index (χ0v) is 13.6. The number of carbonyl (C=O) groups excluding carboxylic acids is 2. The molecule has 2 aromatic heterocycles. The first-order valence-corrected chi connectivity index (χ1v) is 7.99. The SMILES string of the molecule is CC(=O)Nc1nc2ccc(NC(=O)/C=C/c3cccnc3)cc2s1. The van der Waals surface area contributed by atoms with E-state index in [1.54, 1.807) is 30.6 Å². The van der Waals surface area contributed by atoms with Crippen LogP contribution >= 0.6 is 11.3 Å². The third-order valence-corrected chi connectivity index (χ3v) is 3.98. The molecule has 3 rings (SSSR count). The number of hydrogen-bond donors (Lipinski definition) is 2. The standard InChI is InChI=1S/C17H14N4O2S/c1-11(22)19-17-21-14-6-5-13(9-15(14)24-17)20-16(23)7-4-12-3-2-8-18-10-12/h2-10H,1H3,(H,20,23)(H,19,21,22)/b7-4+. The molecule has 0 atom stereocenters. The van der Waals surface area contributed by atoms with Gasteiger partial charge in [0.25, 0.3) is 0 Å². The quantitative estimate of drug-likeness (QED) is 0.715. The molecular weight excluding hydrogens is 324 g/mol. The molecule has 120 valence electrons. The number of pyridine rings is 1. The van der Waals surface area contributed by atoms with Crippen molar-refractivity contribution in [1.82, 2.24) is 9.97 Å². The van der Waals surface area contributed by atoms with Crippen molar-refractivity contribution < 1.29 is 9.59 Å². The highest BCUT2D eigenvalue weighted by molar-refractivity contribution is 7.22. The maximum Gasteiger partial charge on any atom is 0.248 e. The molecule has 2 N–H and O–H groups in total. The Hall–Kier alpha value is -3.06. The molecule has 0 unspecified atom stereocenters. The molecule has 24 heavy (non-hydrogen) atoms. The summed E-state index contributed by atoms with van der Waals surface area (Å²) in [6.45, 7) is 1.44. The molecule has 6 nitrogen and oxygen atoms in total. The first-order valence-electron chi connectivity index (χ1n) is 7.17. The molecule has 1 aromatic carbocycles. The Morgan fingerprint density at radius 2 is 2.08 bits per heavy atom. The molecule has 0 spiro atoms. The summed E-state index contributed by atoms with van der Waals surface area (Å²) in [6.07, 6.45) is 6.51. The summed E-state index contributed by atoms with van der Waals surface area (Å²) in [5, 5.41) is 6.00. The van der Waals surface area contributed by atoms with Crippen LogP contribution < -0.4 is 10.6 Å². The third kappa shape index (κ3) is 4.02. The van der Waals surface area contributed by atoms with Gasteiger partial charge in [-0.1, -0.05) is 17.4 Å². The number of benzene rings is 1. The van der Waals surface area contributed by atoms with Gasteiger partial charge >= 0.3 is 0 Å². The van der Waals surface area contributed by atoms with Gasteiger partial charge in [-0.25, -0.2) is 4.98 Å². The number of nitrogens with zero attached hydrogens (tertiary/aromatic N) is 2. The number of thiazole rings is 1. The molecular formula is C17H14N4O2S. The van der Waals surface area contributed by atoms with Gasteiger partial charge in [-0.3, -0.25) is 14.6 Å². The Kier molecular flexibility index (Phi) is 4.62. The van der Waals surface area contributed by atoms with Crippen LogP contribution in [0.4, 0.5) is 10.8 Å². The van der Waals surface area contributed by atoms with E-state index >= 15 is 0 Å². The van der Waals surface area contributed by atoms with E-state index in [2.05, 4.69) is 20.6 Å². The molecule has 0 saturated heterocycles. The van der Waals surface area contributed by atoms with E-state index < -0.39 is 0 Å². The van der Waals surface area contributed by atoms with Gasteiger partial charge in [0.1, 0.15) is 0 Å². The Balaban J connectivity index is 1.71. The second-order valence-electron chi connectivity index (χ2n) is 4.99. The molecule has 2 heterocycles. The third-order valence-electron chi connectivity index (χ3n) is 3.05. The molecule has 0 aliphatic heterocycles. The number of aromatic nitrogens is 2. The molecule has 0 bridgehead atoms. The lowest BCUT2D eigenvalue weighted by atomic mass is 10.2. The summed E-state index contributed by atoms with van der Waals surface area (Å²) in [4.78, 5) is 31.3.